The van der Waals surface area contributed by atoms with Gasteiger partial charge in [-0.2, -0.15) is 0 Å². The van der Waals surface area contributed by atoms with Gasteiger partial charge in [0.25, 0.3) is 0 Å². The topological polar surface area (TPSA) is 48.9 Å². The van der Waals surface area contributed by atoms with Gasteiger partial charge in [-0.15, -0.1) is 0 Å². The molecule has 3 nitrogen and oxygen atoms in total. The Morgan fingerprint density at radius 2 is 1.60 bits per heavy atom. The summed E-state index contributed by atoms with van der Waals surface area (Å²) in [6.45, 7) is 0. The number of nitrogens with one attached hydrogen (secondary N) is 1. The second kappa shape index (κ2) is 6.68. The highest BCUT2D eigenvalue weighted by Gasteiger charge is 2.17. The van der Waals surface area contributed by atoms with Gasteiger partial charge >= 0.3 is 0 Å². The van der Waals surface area contributed by atoms with Crippen molar-refractivity contribution in [2.45, 2.75) is 0 Å². The molecule has 6 aromatic rings. The lowest BCUT2D eigenvalue weighted by Crippen LogP contribution is -1.85. The molecule has 0 aliphatic heterocycles. The standard InChI is InChI=1S/C25H14BrIN2O/c26-14-6-8-17-19(11-14)20-12-15(27)7-9-18(20)24-23(17)28-25(29-24)22-16-4-2-1-3-13(16)5-10-21(22)30/h1-12,30H,(H,28,29). The summed E-state index contributed by atoms with van der Waals surface area (Å²) >= 11 is 5.97. The molecule has 144 valence electrons. The van der Waals surface area contributed by atoms with E-state index in [9.17, 15) is 5.11 Å². The average Bonchev–Trinajstić information content (AvgIpc) is 3.18. The van der Waals surface area contributed by atoms with Gasteiger partial charge in [0.1, 0.15) is 11.6 Å². The minimum Gasteiger partial charge on any atom is -0.507 e. The molecule has 0 amide bonds. The second-order valence-electron chi connectivity index (χ2n) is 7.37. The number of H-pyrrole nitrogens is 1. The molecule has 1 aromatic heterocycles. The normalized spacial score (nSPS) is 11.8. The van der Waals surface area contributed by atoms with E-state index in [0.717, 1.165) is 42.6 Å². The quantitative estimate of drug-likeness (QED) is 0.158. The summed E-state index contributed by atoms with van der Waals surface area (Å²) in [5, 5.41) is 17.3. The molecule has 0 fully saturated rings. The second-order valence-corrected chi connectivity index (χ2v) is 9.53. The van der Waals surface area contributed by atoms with Gasteiger partial charge in [0, 0.05) is 18.8 Å². The Hall–Kier alpha value is -2.64. The van der Waals surface area contributed by atoms with E-state index in [1.54, 1.807) is 6.07 Å². The summed E-state index contributed by atoms with van der Waals surface area (Å²) in [4.78, 5) is 8.52. The van der Waals surface area contributed by atoms with Crippen LogP contribution in [0.3, 0.4) is 0 Å². The van der Waals surface area contributed by atoms with Gasteiger partial charge in [-0.25, -0.2) is 4.98 Å². The van der Waals surface area contributed by atoms with Gasteiger partial charge in [-0.1, -0.05) is 58.4 Å². The monoisotopic (exact) mass is 564 g/mol. The van der Waals surface area contributed by atoms with E-state index in [1.807, 2.05) is 30.3 Å². The third kappa shape index (κ3) is 2.65. The zero-order valence-electron chi connectivity index (χ0n) is 15.6. The Balaban J connectivity index is 1.79. The number of nitrogens with zero attached hydrogens (tertiary/aromatic N) is 1. The van der Waals surface area contributed by atoms with Crippen LogP contribution in [0.25, 0.3) is 54.7 Å². The summed E-state index contributed by atoms with van der Waals surface area (Å²) in [6.07, 6.45) is 0. The van der Waals surface area contributed by atoms with Gasteiger partial charge < -0.3 is 10.1 Å². The fraction of sp³-hybridized carbons (Fsp3) is 0. The van der Waals surface area contributed by atoms with Crippen LogP contribution in [0.4, 0.5) is 0 Å². The first-order valence-electron chi connectivity index (χ1n) is 9.51. The van der Waals surface area contributed by atoms with Crippen molar-refractivity contribution in [1.82, 2.24) is 9.97 Å². The van der Waals surface area contributed by atoms with Crippen LogP contribution in [-0.4, -0.2) is 15.1 Å². The summed E-state index contributed by atoms with van der Waals surface area (Å²) in [5.41, 5.74) is 2.63. The van der Waals surface area contributed by atoms with Crippen molar-refractivity contribution in [3.05, 3.63) is 80.8 Å². The predicted octanol–water partition coefficient (Wildman–Crippen LogP) is 7.76. The third-order valence-electron chi connectivity index (χ3n) is 5.63. The van der Waals surface area contributed by atoms with Crippen LogP contribution in [0.1, 0.15) is 0 Å². The number of aromatic hydroxyl groups is 1. The fourth-order valence-electron chi connectivity index (χ4n) is 4.29. The predicted molar refractivity (Wildman–Crippen MR) is 136 cm³/mol. The molecule has 6 rings (SSSR count). The van der Waals surface area contributed by atoms with Crippen molar-refractivity contribution in [2.24, 2.45) is 0 Å². The van der Waals surface area contributed by atoms with Gasteiger partial charge in [-0.05, 0) is 74.5 Å². The van der Waals surface area contributed by atoms with E-state index in [-0.39, 0.29) is 5.75 Å². The van der Waals surface area contributed by atoms with E-state index in [1.165, 1.54) is 14.3 Å². The van der Waals surface area contributed by atoms with E-state index in [2.05, 4.69) is 79.9 Å². The zero-order chi connectivity index (χ0) is 20.4. The van der Waals surface area contributed by atoms with Crippen molar-refractivity contribution in [2.75, 3.05) is 0 Å². The smallest absolute Gasteiger partial charge is 0.142 e. The van der Waals surface area contributed by atoms with Crippen molar-refractivity contribution in [3.8, 4) is 17.1 Å². The number of hydrogen-bond donors (Lipinski definition) is 2. The number of aromatic amines is 1. The van der Waals surface area contributed by atoms with Crippen LogP contribution >= 0.6 is 38.5 Å². The van der Waals surface area contributed by atoms with Gasteiger partial charge in [0.2, 0.25) is 0 Å². The van der Waals surface area contributed by atoms with Crippen molar-refractivity contribution in [3.63, 3.8) is 0 Å². The highest BCUT2D eigenvalue weighted by Crippen LogP contribution is 2.40. The molecule has 0 saturated carbocycles. The summed E-state index contributed by atoms with van der Waals surface area (Å²) in [6, 6.07) is 24.5. The number of imidazole rings is 1. The summed E-state index contributed by atoms with van der Waals surface area (Å²) in [5.74, 6) is 0.897. The van der Waals surface area contributed by atoms with Crippen molar-refractivity contribution < 1.29 is 5.11 Å². The Morgan fingerprint density at radius 1 is 0.800 bits per heavy atom. The zero-order valence-corrected chi connectivity index (χ0v) is 19.3. The fourth-order valence-corrected chi connectivity index (χ4v) is 5.15. The van der Waals surface area contributed by atoms with Crippen LogP contribution in [0.15, 0.2) is 77.3 Å². The highest BCUT2D eigenvalue weighted by atomic mass is 127. The first-order valence-corrected chi connectivity index (χ1v) is 11.4. The average molecular weight is 565 g/mol. The molecule has 0 radical (unpaired) electrons. The Labute approximate surface area is 194 Å². The maximum atomic E-state index is 10.7. The lowest BCUT2D eigenvalue weighted by atomic mass is 10.0. The molecule has 0 atom stereocenters. The van der Waals surface area contributed by atoms with Gasteiger partial charge in [-0.3, -0.25) is 0 Å². The van der Waals surface area contributed by atoms with Crippen LogP contribution < -0.4 is 0 Å². The van der Waals surface area contributed by atoms with Gasteiger partial charge in [0.05, 0.1) is 16.6 Å². The van der Waals surface area contributed by atoms with Crippen LogP contribution in [0, 0.1) is 3.57 Å². The first-order chi connectivity index (χ1) is 14.6. The summed E-state index contributed by atoms with van der Waals surface area (Å²) < 4.78 is 2.23. The Morgan fingerprint density at radius 3 is 2.50 bits per heavy atom. The molecule has 5 aromatic carbocycles. The maximum absolute atomic E-state index is 10.7. The Kier molecular flexibility index (Phi) is 4.05. The number of rotatable bonds is 1. The van der Waals surface area contributed by atoms with Crippen LogP contribution in [0.2, 0.25) is 0 Å². The minimum absolute atomic E-state index is 0.221. The molecule has 0 unspecified atom stereocenters. The summed E-state index contributed by atoms with van der Waals surface area (Å²) in [7, 11) is 0. The largest absolute Gasteiger partial charge is 0.507 e. The number of halogens is 2. The molecule has 0 spiro atoms. The molecule has 2 N–H and O–H groups in total. The van der Waals surface area contributed by atoms with Gasteiger partial charge in [0.15, 0.2) is 0 Å². The molecule has 5 heteroatoms. The maximum Gasteiger partial charge on any atom is 0.142 e. The third-order valence-corrected chi connectivity index (χ3v) is 6.79. The molecule has 0 aliphatic rings. The molecule has 0 aliphatic carbocycles. The SMILES string of the molecule is Oc1ccc2ccccc2c1-c1nc2c3ccc(I)cc3c3cc(Br)ccc3c2[nH]1. The first kappa shape index (κ1) is 18.2. The molecule has 0 bridgehead atoms. The minimum atomic E-state index is 0.221. The molecule has 1 heterocycles. The van der Waals surface area contributed by atoms with E-state index in [4.69, 9.17) is 4.98 Å². The van der Waals surface area contributed by atoms with Crippen molar-refractivity contribution >= 4 is 81.9 Å². The lowest BCUT2D eigenvalue weighted by molar-refractivity contribution is 0.477. The number of hydrogen-bond acceptors (Lipinski definition) is 2. The van der Waals surface area contributed by atoms with E-state index >= 15 is 0 Å². The van der Waals surface area contributed by atoms with Crippen LogP contribution in [0.5, 0.6) is 5.75 Å². The number of fused-ring (bicyclic) bond motifs is 7. The van der Waals surface area contributed by atoms with E-state index in [0.29, 0.717) is 5.82 Å². The molecular formula is C25H14BrIN2O. The van der Waals surface area contributed by atoms with E-state index < -0.39 is 0 Å². The molecular weight excluding hydrogens is 551 g/mol. The number of phenolic OH excluding ortho intramolecular Hbond substituents is 1. The molecule has 0 saturated heterocycles. The lowest BCUT2D eigenvalue weighted by Gasteiger charge is -2.07. The highest BCUT2D eigenvalue weighted by molar-refractivity contribution is 14.1. The number of phenols is 1. The number of benzene rings is 5. The number of aromatic nitrogens is 2. The Bertz CT molecular complexity index is 1560. The molecule has 30 heavy (non-hydrogen) atoms. The van der Waals surface area contributed by atoms with Crippen molar-refractivity contribution in [1.29, 1.82) is 0 Å². The van der Waals surface area contributed by atoms with Crippen LogP contribution in [-0.2, 0) is 0 Å².